The van der Waals surface area contributed by atoms with Gasteiger partial charge in [0.25, 0.3) is 5.91 Å². The Morgan fingerprint density at radius 3 is 2.43 bits per heavy atom. The topological polar surface area (TPSA) is 76.1 Å². The van der Waals surface area contributed by atoms with Crippen LogP contribution < -0.4 is 4.74 Å². The van der Waals surface area contributed by atoms with E-state index in [0.717, 1.165) is 11.1 Å². The average Bonchev–Trinajstić information content (AvgIpc) is 3.15. The van der Waals surface area contributed by atoms with Gasteiger partial charge in [0.2, 0.25) is 0 Å². The summed E-state index contributed by atoms with van der Waals surface area (Å²) in [4.78, 5) is 27.6. The second kappa shape index (κ2) is 11.3. The van der Waals surface area contributed by atoms with Gasteiger partial charge in [-0.1, -0.05) is 78.9 Å². The number of methoxy groups -OCH3 is 1. The van der Waals surface area contributed by atoms with E-state index in [2.05, 4.69) is 0 Å². The van der Waals surface area contributed by atoms with E-state index in [9.17, 15) is 14.7 Å². The van der Waals surface area contributed by atoms with E-state index < -0.39 is 23.5 Å². The molecule has 1 atom stereocenters. The minimum Gasteiger partial charge on any atom is -0.503 e. The van der Waals surface area contributed by atoms with Gasteiger partial charge in [-0.25, -0.2) is 0 Å². The number of carbonyl (C=O) groups excluding carboxylic acids is 2. The molecule has 6 nitrogen and oxygen atoms in total. The molecule has 3 aromatic carbocycles. The maximum absolute atomic E-state index is 13.2. The molecule has 178 valence electrons. The van der Waals surface area contributed by atoms with Crippen molar-refractivity contribution >= 4 is 17.8 Å². The van der Waals surface area contributed by atoms with Crippen LogP contribution in [0.2, 0.25) is 0 Å². The molecule has 0 spiro atoms. The highest BCUT2D eigenvalue weighted by atomic mass is 16.5. The third-order valence-electron chi connectivity index (χ3n) is 5.75. The molecule has 1 unspecified atom stereocenters. The largest absolute Gasteiger partial charge is 0.503 e. The number of rotatable bonds is 10. The summed E-state index contributed by atoms with van der Waals surface area (Å²) in [6.45, 7) is 0.868. The monoisotopic (exact) mass is 469 g/mol. The molecule has 35 heavy (non-hydrogen) atoms. The predicted molar refractivity (Wildman–Crippen MR) is 134 cm³/mol. The van der Waals surface area contributed by atoms with Crippen molar-refractivity contribution in [1.29, 1.82) is 0 Å². The summed E-state index contributed by atoms with van der Waals surface area (Å²) in [6, 6.07) is 25.6. The molecule has 0 fully saturated rings. The lowest BCUT2D eigenvalue weighted by molar-refractivity contribution is -0.130. The van der Waals surface area contributed by atoms with Crippen molar-refractivity contribution in [3.63, 3.8) is 0 Å². The van der Waals surface area contributed by atoms with Crippen molar-refractivity contribution in [3.8, 4) is 5.75 Å². The highest BCUT2D eigenvalue weighted by Crippen LogP contribution is 2.39. The molecule has 3 aromatic rings. The molecule has 1 heterocycles. The number of benzene rings is 3. The van der Waals surface area contributed by atoms with Crippen LogP contribution in [0, 0.1) is 0 Å². The third-order valence-corrected chi connectivity index (χ3v) is 5.75. The summed E-state index contributed by atoms with van der Waals surface area (Å²) in [5.74, 6) is -0.965. The number of aliphatic hydroxyl groups is 1. The molecule has 1 N–H and O–H groups in total. The summed E-state index contributed by atoms with van der Waals surface area (Å²) in [5, 5.41) is 10.7. The summed E-state index contributed by atoms with van der Waals surface area (Å²) < 4.78 is 11.1. The molecular formula is C29H27NO5. The number of ether oxygens (including phenoxy) is 2. The van der Waals surface area contributed by atoms with E-state index in [1.807, 2.05) is 78.9 Å². The molecule has 1 aliphatic heterocycles. The Hall–Kier alpha value is -4.16. The minimum atomic E-state index is -0.758. The first-order chi connectivity index (χ1) is 17.1. The number of aliphatic hydroxyl groups excluding tert-OH is 1. The summed E-state index contributed by atoms with van der Waals surface area (Å²) in [7, 11) is 1.54. The highest BCUT2D eigenvalue weighted by Gasteiger charge is 2.42. The Balaban J connectivity index is 1.63. The molecule has 0 saturated carbocycles. The first-order valence-electron chi connectivity index (χ1n) is 11.4. The van der Waals surface area contributed by atoms with E-state index in [0.29, 0.717) is 17.9 Å². The third kappa shape index (κ3) is 5.67. The van der Waals surface area contributed by atoms with Crippen LogP contribution >= 0.6 is 0 Å². The van der Waals surface area contributed by atoms with E-state index in [4.69, 9.17) is 9.47 Å². The average molecular weight is 470 g/mol. The van der Waals surface area contributed by atoms with E-state index in [1.165, 1.54) is 18.1 Å². The van der Waals surface area contributed by atoms with Gasteiger partial charge in [0, 0.05) is 13.7 Å². The number of nitrogens with zero attached hydrogens (tertiary/aromatic N) is 1. The maximum Gasteiger partial charge on any atom is 0.290 e. The van der Waals surface area contributed by atoms with E-state index in [1.54, 1.807) is 12.1 Å². The smallest absolute Gasteiger partial charge is 0.290 e. The molecule has 0 aromatic heterocycles. The van der Waals surface area contributed by atoms with Gasteiger partial charge < -0.3 is 19.5 Å². The quantitative estimate of drug-likeness (QED) is 0.428. The SMILES string of the molecule is COCCN1C(=O)C(O)=C(C(=O)/C=C/c2ccccc2)C1c1cccc(OCc2ccccc2)c1. The number of hydrogen-bond acceptors (Lipinski definition) is 5. The fourth-order valence-corrected chi connectivity index (χ4v) is 4.01. The Labute approximate surface area is 204 Å². The number of carbonyl (C=O) groups is 2. The van der Waals surface area contributed by atoms with Crippen molar-refractivity contribution in [2.45, 2.75) is 12.6 Å². The van der Waals surface area contributed by atoms with Crippen LogP contribution in [-0.4, -0.2) is 42.0 Å². The highest BCUT2D eigenvalue weighted by molar-refractivity contribution is 6.14. The molecule has 4 rings (SSSR count). The molecule has 1 amide bonds. The molecule has 0 radical (unpaired) electrons. The van der Waals surface area contributed by atoms with Crippen LogP contribution in [0.5, 0.6) is 5.75 Å². The van der Waals surface area contributed by atoms with Crippen LogP contribution in [0.4, 0.5) is 0 Å². The van der Waals surface area contributed by atoms with Gasteiger partial charge in [-0.05, 0) is 34.9 Å². The fraction of sp³-hybridized carbons (Fsp3) is 0.172. The first kappa shape index (κ1) is 24.0. The van der Waals surface area contributed by atoms with Gasteiger partial charge in [0.15, 0.2) is 11.5 Å². The van der Waals surface area contributed by atoms with Crippen molar-refractivity contribution in [2.24, 2.45) is 0 Å². The van der Waals surface area contributed by atoms with E-state index >= 15 is 0 Å². The van der Waals surface area contributed by atoms with Gasteiger partial charge in [0.1, 0.15) is 12.4 Å². The predicted octanol–water partition coefficient (Wildman–Crippen LogP) is 4.89. The van der Waals surface area contributed by atoms with Crippen LogP contribution in [0.3, 0.4) is 0 Å². The second-order valence-corrected chi connectivity index (χ2v) is 8.11. The summed E-state index contributed by atoms with van der Waals surface area (Å²) in [6.07, 6.45) is 3.05. The van der Waals surface area contributed by atoms with Gasteiger partial charge >= 0.3 is 0 Å². The van der Waals surface area contributed by atoms with Crippen LogP contribution in [0.25, 0.3) is 6.08 Å². The molecule has 0 saturated heterocycles. The Morgan fingerprint density at radius 1 is 1.00 bits per heavy atom. The lowest BCUT2D eigenvalue weighted by atomic mass is 9.95. The van der Waals surface area contributed by atoms with E-state index in [-0.39, 0.29) is 18.7 Å². The molecular weight excluding hydrogens is 442 g/mol. The van der Waals surface area contributed by atoms with Crippen molar-refractivity contribution < 1.29 is 24.2 Å². The normalized spacial score (nSPS) is 15.7. The van der Waals surface area contributed by atoms with Gasteiger partial charge in [-0.15, -0.1) is 0 Å². The number of hydrogen-bond donors (Lipinski definition) is 1. The Morgan fingerprint density at radius 2 is 1.71 bits per heavy atom. The van der Waals surface area contributed by atoms with Crippen LogP contribution in [0.1, 0.15) is 22.7 Å². The first-order valence-corrected chi connectivity index (χ1v) is 11.4. The van der Waals surface area contributed by atoms with Gasteiger partial charge in [-0.2, -0.15) is 0 Å². The van der Waals surface area contributed by atoms with Crippen molar-refractivity contribution in [1.82, 2.24) is 4.90 Å². The number of allylic oxidation sites excluding steroid dienone is 1. The summed E-state index contributed by atoms with van der Waals surface area (Å²) in [5.41, 5.74) is 2.57. The molecule has 0 bridgehead atoms. The molecule has 0 aliphatic carbocycles. The number of ketones is 1. The van der Waals surface area contributed by atoms with Crippen LogP contribution in [-0.2, 0) is 20.9 Å². The van der Waals surface area contributed by atoms with Gasteiger partial charge in [-0.3, -0.25) is 9.59 Å². The van der Waals surface area contributed by atoms with Crippen molar-refractivity contribution in [2.75, 3.05) is 20.3 Å². The zero-order chi connectivity index (χ0) is 24.6. The zero-order valence-electron chi connectivity index (χ0n) is 19.5. The minimum absolute atomic E-state index is 0.0403. The lowest BCUT2D eigenvalue weighted by Gasteiger charge is -2.26. The maximum atomic E-state index is 13.2. The standard InChI is InChI=1S/C29H27NO5/c1-34-18-17-30-27(23-13-8-14-24(19-23)35-20-22-11-6-3-7-12-22)26(28(32)29(30)33)25(31)16-15-21-9-4-2-5-10-21/h2-16,19,27,32H,17-18,20H2,1H3/b16-15+. The second-order valence-electron chi connectivity index (χ2n) is 8.11. The summed E-state index contributed by atoms with van der Waals surface area (Å²) >= 11 is 0. The van der Waals surface area contributed by atoms with Crippen molar-refractivity contribution in [3.05, 3.63) is 119 Å². The fourth-order valence-electron chi connectivity index (χ4n) is 4.01. The zero-order valence-corrected chi connectivity index (χ0v) is 19.5. The Kier molecular flexibility index (Phi) is 7.75. The van der Waals surface area contributed by atoms with Crippen LogP contribution in [0.15, 0.2) is 102 Å². The number of amides is 1. The lowest BCUT2D eigenvalue weighted by Crippen LogP contribution is -2.33. The molecule has 1 aliphatic rings. The molecule has 6 heteroatoms. The Bertz CT molecular complexity index is 1230. The van der Waals surface area contributed by atoms with Gasteiger partial charge in [0.05, 0.1) is 18.2 Å².